The number of para-hydroxylation sites is 1. The first-order chi connectivity index (χ1) is 11.4. The fraction of sp³-hybridized carbons (Fsp3) is 0.125. The Bertz CT molecular complexity index is 761. The van der Waals surface area contributed by atoms with Crippen LogP contribution < -0.4 is 15.4 Å². The van der Waals surface area contributed by atoms with Crippen LogP contribution in [-0.2, 0) is 9.59 Å². The van der Waals surface area contributed by atoms with Crippen molar-refractivity contribution in [1.29, 1.82) is 0 Å². The molecule has 0 saturated carbocycles. The van der Waals surface area contributed by atoms with Crippen molar-refractivity contribution in [2.24, 2.45) is 0 Å². The summed E-state index contributed by atoms with van der Waals surface area (Å²) in [5.41, 5.74) is 0.637. The second kappa shape index (κ2) is 8.24. The average molecular weight is 388 g/mol. The van der Waals surface area contributed by atoms with Gasteiger partial charge >= 0.3 is 0 Å². The zero-order valence-electron chi connectivity index (χ0n) is 12.5. The molecule has 0 radical (unpaired) electrons. The van der Waals surface area contributed by atoms with E-state index in [1.807, 2.05) is 0 Å². The predicted octanol–water partition coefficient (Wildman–Crippen LogP) is 4.62. The molecule has 0 bridgehead atoms. The maximum atomic E-state index is 12.0. The molecule has 2 rings (SSSR count). The number of methoxy groups -OCH3 is 1. The normalized spacial score (nSPS) is 10.2. The number of hydrogen-bond acceptors (Lipinski definition) is 3. The molecule has 0 spiro atoms. The Kier molecular flexibility index (Phi) is 6.31. The number of halogens is 3. The summed E-state index contributed by atoms with van der Waals surface area (Å²) in [6.45, 7) is 0. The van der Waals surface area contributed by atoms with Gasteiger partial charge in [-0.1, -0.05) is 40.9 Å². The Morgan fingerprint density at radius 3 is 2.25 bits per heavy atom. The molecule has 2 aromatic rings. The van der Waals surface area contributed by atoms with E-state index in [-0.39, 0.29) is 15.7 Å². The number of nitrogens with one attached hydrogen (secondary N) is 2. The number of carbonyl (C=O) groups is 2. The Morgan fingerprint density at radius 2 is 1.62 bits per heavy atom. The Morgan fingerprint density at radius 1 is 1.00 bits per heavy atom. The van der Waals surface area contributed by atoms with Gasteiger partial charge in [-0.2, -0.15) is 0 Å². The summed E-state index contributed by atoms with van der Waals surface area (Å²) in [5, 5.41) is 6.09. The van der Waals surface area contributed by atoms with E-state index >= 15 is 0 Å². The molecular weight excluding hydrogens is 375 g/mol. The molecule has 2 N–H and O–H groups in total. The van der Waals surface area contributed by atoms with Crippen molar-refractivity contribution in [3.63, 3.8) is 0 Å². The molecule has 0 aliphatic rings. The summed E-state index contributed by atoms with van der Waals surface area (Å²) >= 11 is 17.8. The van der Waals surface area contributed by atoms with Crippen LogP contribution in [0.2, 0.25) is 15.1 Å². The minimum absolute atomic E-state index is 0.263. The molecule has 0 aliphatic heterocycles. The topological polar surface area (TPSA) is 67.4 Å². The predicted molar refractivity (Wildman–Crippen MR) is 96.3 cm³/mol. The van der Waals surface area contributed by atoms with E-state index in [4.69, 9.17) is 39.5 Å². The van der Waals surface area contributed by atoms with E-state index < -0.39 is 18.2 Å². The lowest BCUT2D eigenvalue weighted by Gasteiger charge is -2.11. The summed E-state index contributed by atoms with van der Waals surface area (Å²) in [4.78, 5) is 24.0. The van der Waals surface area contributed by atoms with Crippen LogP contribution in [0.1, 0.15) is 6.42 Å². The third-order valence-corrected chi connectivity index (χ3v) is 3.85. The van der Waals surface area contributed by atoms with Crippen molar-refractivity contribution < 1.29 is 14.3 Å². The molecule has 126 valence electrons. The van der Waals surface area contributed by atoms with Crippen LogP contribution in [0, 0.1) is 0 Å². The van der Waals surface area contributed by atoms with Gasteiger partial charge < -0.3 is 15.4 Å². The SMILES string of the molecule is COc1ccc(Cl)cc1NC(=O)CC(=O)Nc1c(Cl)cccc1Cl. The van der Waals surface area contributed by atoms with Gasteiger partial charge in [0.2, 0.25) is 11.8 Å². The maximum absolute atomic E-state index is 12.0. The molecule has 0 fully saturated rings. The highest BCUT2D eigenvalue weighted by Crippen LogP contribution is 2.30. The summed E-state index contributed by atoms with van der Waals surface area (Å²) in [6, 6.07) is 9.59. The summed E-state index contributed by atoms with van der Waals surface area (Å²) in [6.07, 6.45) is -0.419. The fourth-order valence-corrected chi connectivity index (χ4v) is 2.58. The first-order valence-electron chi connectivity index (χ1n) is 6.78. The highest BCUT2D eigenvalue weighted by Gasteiger charge is 2.15. The number of ether oxygens (including phenoxy) is 1. The van der Waals surface area contributed by atoms with Crippen LogP contribution in [0.3, 0.4) is 0 Å². The van der Waals surface area contributed by atoms with E-state index in [0.717, 1.165) is 0 Å². The van der Waals surface area contributed by atoms with Crippen molar-refractivity contribution in [2.75, 3.05) is 17.7 Å². The van der Waals surface area contributed by atoms with Crippen molar-refractivity contribution in [2.45, 2.75) is 6.42 Å². The minimum atomic E-state index is -0.552. The number of benzene rings is 2. The monoisotopic (exact) mass is 386 g/mol. The molecule has 24 heavy (non-hydrogen) atoms. The number of rotatable bonds is 5. The molecule has 2 amide bonds. The molecule has 0 saturated heterocycles. The lowest BCUT2D eigenvalue weighted by Crippen LogP contribution is -2.22. The molecule has 0 unspecified atom stereocenters. The summed E-state index contributed by atoms with van der Waals surface area (Å²) in [5.74, 6) is -0.651. The number of amides is 2. The minimum Gasteiger partial charge on any atom is -0.495 e. The third kappa shape index (κ3) is 4.77. The maximum Gasteiger partial charge on any atom is 0.233 e. The molecule has 0 aromatic heterocycles. The van der Waals surface area contributed by atoms with Crippen LogP contribution >= 0.6 is 34.8 Å². The Hall–Kier alpha value is -1.95. The van der Waals surface area contributed by atoms with Gasteiger partial charge in [0.25, 0.3) is 0 Å². The lowest BCUT2D eigenvalue weighted by molar-refractivity contribution is -0.123. The van der Waals surface area contributed by atoms with Gasteiger partial charge in [-0.15, -0.1) is 0 Å². The van der Waals surface area contributed by atoms with Crippen LogP contribution in [0.5, 0.6) is 5.75 Å². The summed E-state index contributed by atoms with van der Waals surface area (Å²) < 4.78 is 5.12. The summed E-state index contributed by atoms with van der Waals surface area (Å²) in [7, 11) is 1.46. The fourth-order valence-electron chi connectivity index (χ4n) is 1.92. The first-order valence-corrected chi connectivity index (χ1v) is 7.91. The Balaban J connectivity index is 2.02. The van der Waals surface area contributed by atoms with Crippen LogP contribution in [0.4, 0.5) is 11.4 Å². The van der Waals surface area contributed by atoms with E-state index in [1.165, 1.54) is 13.2 Å². The number of carbonyl (C=O) groups excluding carboxylic acids is 2. The highest BCUT2D eigenvalue weighted by molar-refractivity contribution is 6.39. The number of anilines is 2. The lowest BCUT2D eigenvalue weighted by atomic mass is 10.2. The quantitative estimate of drug-likeness (QED) is 0.735. The van der Waals surface area contributed by atoms with Crippen LogP contribution in [0.15, 0.2) is 36.4 Å². The second-order valence-corrected chi connectivity index (χ2v) is 5.97. The average Bonchev–Trinajstić information content (AvgIpc) is 2.51. The highest BCUT2D eigenvalue weighted by atomic mass is 35.5. The molecule has 5 nitrogen and oxygen atoms in total. The molecule has 8 heteroatoms. The van der Waals surface area contributed by atoms with E-state index in [9.17, 15) is 9.59 Å². The van der Waals surface area contributed by atoms with Gasteiger partial charge in [0, 0.05) is 5.02 Å². The standard InChI is InChI=1S/C16H13Cl3N2O3/c1-24-13-6-5-9(17)7-12(13)20-14(22)8-15(23)21-16-10(18)3-2-4-11(16)19/h2-7H,8H2,1H3,(H,20,22)(H,21,23). The molecule has 0 atom stereocenters. The van der Waals surface area contributed by atoms with Gasteiger partial charge in [0.15, 0.2) is 0 Å². The van der Waals surface area contributed by atoms with E-state index in [2.05, 4.69) is 10.6 Å². The smallest absolute Gasteiger partial charge is 0.233 e. The van der Waals surface area contributed by atoms with Gasteiger partial charge in [-0.3, -0.25) is 9.59 Å². The van der Waals surface area contributed by atoms with Gasteiger partial charge in [0.1, 0.15) is 12.2 Å². The van der Waals surface area contributed by atoms with Crippen LogP contribution in [-0.4, -0.2) is 18.9 Å². The van der Waals surface area contributed by atoms with Crippen LogP contribution in [0.25, 0.3) is 0 Å². The molecule has 0 aliphatic carbocycles. The Labute approximate surface area is 153 Å². The largest absolute Gasteiger partial charge is 0.495 e. The van der Waals surface area contributed by atoms with Gasteiger partial charge in [-0.25, -0.2) is 0 Å². The molecular formula is C16H13Cl3N2O3. The van der Waals surface area contributed by atoms with Gasteiger partial charge in [0.05, 0.1) is 28.5 Å². The van der Waals surface area contributed by atoms with Crippen molar-refractivity contribution in [3.05, 3.63) is 51.5 Å². The second-order valence-electron chi connectivity index (χ2n) is 4.71. The van der Waals surface area contributed by atoms with Crippen molar-refractivity contribution in [1.82, 2.24) is 0 Å². The van der Waals surface area contributed by atoms with E-state index in [0.29, 0.717) is 16.5 Å². The number of hydrogen-bond donors (Lipinski definition) is 2. The third-order valence-electron chi connectivity index (χ3n) is 2.98. The first kappa shape index (κ1) is 18.4. The van der Waals surface area contributed by atoms with Crippen molar-refractivity contribution >= 4 is 58.0 Å². The molecule has 0 heterocycles. The molecule has 2 aromatic carbocycles. The van der Waals surface area contributed by atoms with Crippen molar-refractivity contribution in [3.8, 4) is 5.75 Å². The van der Waals surface area contributed by atoms with Gasteiger partial charge in [-0.05, 0) is 30.3 Å². The van der Waals surface area contributed by atoms with E-state index in [1.54, 1.807) is 30.3 Å². The zero-order valence-corrected chi connectivity index (χ0v) is 14.8. The zero-order chi connectivity index (χ0) is 17.7.